The van der Waals surface area contributed by atoms with Crippen LogP contribution in [0.3, 0.4) is 0 Å². The minimum Gasteiger partial charge on any atom is -0.471 e. The Morgan fingerprint density at radius 2 is 2.00 bits per heavy atom. The number of benzene rings is 1. The first-order valence-electron chi connectivity index (χ1n) is 5.96. The maximum absolute atomic E-state index is 13.4. The van der Waals surface area contributed by atoms with Gasteiger partial charge in [0.05, 0.1) is 0 Å². The molecule has 0 unspecified atom stereocenters. The average molecular weight is 295 g/mol. The van der Waals surface area contributed by atoms with Gasteiger partial charge in [0, 0.05) is 30.6 Å². The van der Waals surface area contributed by atoms with E-state index in [2.05, 4.69) is 9.98 Å². The average Bonchev–Trinajstić information content (AvgIpc) is 2.45. The summed E-state index contributed by atoms with van der Waals surface area (Å²) in [7, 11) is 1.60. The van der Waals surface area contributed by atoms with Gasteiger partial charge in [0.15, 0.2) is 11.6 Å². The van der Waals surface area contributed by atoms with Crippen molar-refractivity contribution in [2.45, 2.75) is 6.61 Å². The largest absolute Gasteiger partial charge is 0.471 e. The van der Waals surface area contributed by atoms with Crippen LogP contribution >= 0.6 is 0 Å². The van der Waals surface area contributed by atoms with E-state index in [9.17, 15) is 13.2 Å². The third-order valence-electron chi connectivity index (χ3n) is 2.65. The van der Waals surface area contributed by atoms with Gasteiger partial charge in [-0.25, -0.2) is 8.78 Å². The Kier molecular flexibility index (Phi) is 4.42. The number of anilines is 1. The second-order valence-electron chi connectivity index (χ2n) is 4.19. The van der Waals surface area contributed by atoms with Gasteiger partial charge in [-0.05, 0) is 17.7 Å². The molecule has 21 heavy (non-hydrogen) atoms. The summed E-state index contributed by atoms with van der Waals surface area (Å²) in [6.07, 6.45) is 1.56. The van der Waals surface area contributed by atoms with Crippen LogP contribution in [0.25, 0.3) is 0 Å². The zero-order valence-electron chi connectivity index (χ0n) is 11.1. The Morgan fingerprint density at radius 1 is 1.24 bits per heavy atom. The predicted molar refractivity (Wildman–Crippen MR) is 72.8 cm³/mol. The van der Waals surface area contributed by atoms with Crippen LogP contribution in [0.2, 0.25) is 0 Å². The van der Waals surface area contributed by atoms with Crippen molar-refractivity contribution in [2.75, 3.05) is 12.8 Å². The van der Waals surface area contributed by atoms with Gasteiger partial charge in [-0.3, -0.25) is 4.99 Å². The molecular weight excluding hydrogens is 283 g/mol. The van der Waals surface area contributed by atoms with Gasteiger partial charge in [0.2, 0.25) is 0 Å². The fourth-order valence-electron chi connectivity index (χ4n) is 1.65. The van der Waals surface area contributed by atoms with E-state index in [1.165, 1.54) is 0 Å². The second kappa shape index (κ2) is 6.25. The molecule has 1 heterocycles. The van der Waals surface area contributed by atoms with Crippen molar-refractivity contribution in [3.8, 4) is 5.88 Å². The minimum atomic E-state index is -1.41. The normalized spacial score (nSPS) is 11.0. The van der Waals surface area contributed by atoms with Crippen LogP contribution in [0.5, 0.6) is 5.88 Å². The number of hydrogen-bond donors (Lipinski definition) is 1. The number of halogens is 3. The van der Waals surface area contributed by atoms with Gasteiger partial charge in [0.25, 0.3) is 11.8 Å². The van der Waals surface area contributed by atoms with E-state index < -0.39 is 23.5 Å². The van der Waals surface area contributed by atoms with Crippen LogP contribution < -0.4 is 10.5 Å². The summed E-state index contributed by atoms with van der Waals surface area (Å²) < 4.78 is 44.1. The first-order valence-corrected chi connectivity index (χ1v) is 5.96. The highest BCUT2D eigenvalue weighted by molar-refractivity contribution is 5.87. The number of pyridine rings is 1. The molecule has 1 aromatic heterocycles. The van der Waals surface area contributed by atoms with Crippen LogP contribution in [-0.4, -0.2) is 18.2 Å². The number of aliphatic imine (C=N–C) groups is 1. The molecule has 0 atom stereocenters. The van der Waals surface area contributed by atoms with E-state index in [4.69, 9.17) is 10.5 Å². The highest BCUT2D eigenvalue weighted by atomic mass is 19.2. The van der Waals surface area contributed by atoms with Crippen LogP contribution in [0.4, 0.5) is 18.9 Å². The summed E-state index contributed by atoms with van der Waals surface area (Å²) in [6.45, 7) is -0.0696. The Hall–Kier alpha value is -2.57. The Morgan fingerprint density at radius 3 is 2.71 bits per heavy atom. The third-order valence-corrected chi connectivity index (χ3v) is 2.65. The SMILES string of the molecule is CN=Cc1cc(COc2nc(F)c(F)cc2F)ccc1N. The molecule has 0 saturated carbocycles. The van der Waals surface area contributed by atoms with E-state index >= 15 is 0 Å². The fourth-order valence-corrected chi connectivity index (χ4v) is 1.65. The molecule has 0 radical (unpaired) electrons. The van der Waals surface area contributed by atoms with Gasteiger partial charge in [-0.15, -0.1) is 0 Å². The highest BCUT2D eigenvalue weighted by Crippen LogP contribution is 2.19. The van der Waals surface area contributed by atoms with Gasteiger partial charge in [-0.1, -0.05) is 6.07 Å². The number of rotatable bonds is 4. The zero-order valence-corrected chi connectivity index (χ0v) is 11.1. The van der Waals surface area contributed by atoms with Crippen LogP contribution in [-0.2, 0) is 6.61 Å². The number of nitrogen functional groups attached to an aromatic ring is 1. The van der Waals surface area contributed by atoms with E-state index in [1.54, 1.807) is 31.5 Å². The van der Waals surface area contributed by atoms with Crippen molar-refractivity contribution < 1.29 is 17.9 Å². The van der Waals surface area contributed by atoms with E-state index in [0.717, 1.165) is 0 Å². The van der Waals surface area contributed by atoms with Crippen molar-refractivity contribution in [3.63, 3.8) is 0 Å². The molecule has 110 valence electrons. The molecule has 0 fully saturated rings. The lowest BCUT2D eigenvalue weighted by molar-refractivity contribution is 0.268. The summed E-state index contributed by atoms with van der Waals surface area (Å²) >= 11 is 0. The standard InChI is InChI=1S/C14H12F3N3O/c1-19-6-9-4-8(2-3-12(9)18)7-21-14-11(16)5-10(15)13(17)20-14/h2-6H,7,18H2,1H3. The molecule has 0 amide bonds. The fraction of sp³-hybridized carbons (Fsp3) is 0.143. The molecule has 0 spiro atoms. The molecule has 2 rings (SSSR count). The number of aromatic nitrogens is 1. The number of hydrogen-bond acceptors (Lipinski definition) is 4. The number of nitrogens with zero attached hydrogens (tertiary/aromatic N) is 2. The highest BCUT2D eigenvalue weighted by Gasteiger charge is 2.13. The van der Waals surface area contributed by atoms with Crippen molar-refractivity contribution in [1.82, 2.24) is 4.98 Å². The maximum Gasteiger partial charge on any atom is 0.253 e. The molecule has 2 aromatic rings. The summed E-state index contributed by atoms with van der Waals surface area (Å²) in [5.41, 5.74) is 7.61. The zero-order chi connectivity index (χ0) is 15.4. The van der Waals surface area contributed by atoms with E-state index in [-0.39, 0.29) is 6.61 Å². The molecule has 2 N–H and O–H groups in total. The summed E-state index contributed by atoms with van der Waals surface area (Å²) in [5.74, 6) is -4.45. The van der Waals surface area contributed by atoms with Gasteiger partial charge in [0.1, 0.15) is 6.61 Å². The quantitative estimate of drug-likeness (QED) is 0.536. The van der Waals surface area contributed by atoms with E-state index in [1.807, 2.05) is 0 Å². The first kappa shape index (κ1) is 14.8. The Labute approximate surface area is 119 Å². The smallest absolute Gasteiger partial charge is 0.253 e. The Bertz CT molecular complexity index is 689. The first-order chi connectivity index (χ1) is 10.0. The number of nitrogens with two attached hydrogens (primary N) is 1. The monoisotopic (exact) mass is 295 g/mol. The molecule has 4 nitrogen and oxygen atoms in total. The lowest BCUT2D eigenvalue weighted by Crippen LogP contribution is -2.04. The molecule has 0 aliphatic heterocycles. The molecule has 0 aliphatic rings. The van der Waals surface area contributed by atoms with Crippen molar-refractivity contribution in [1.29, 1.82) is 0 Å². The summed E-state index contributed by atoms with van der Waals surface area (Å²) in [6, 6.07) is 5.39. The summed E-state index contributed by atoms with van der Waals surface area (Å²) in [5, 5.41) is 0. The van der Waals surface area contributed by atoms with Crippen molar-refractivity contribution >= 4 is 11.9 Å². The predicted octanol–water partition coefficient (Wildman–Crippen LogP) is 2.71. The molecular formula is C14H12F3N3O. The van der Waals surface area contributed by atoms with Crippen LogP contribution in [0.15, 0.2) is 29.3 Å². The van der Waals surface area contributed by atoms with Gasteiger partial charge in [-0.2, -0.15) is 9.37 Å². The van der Waals surface area contributed by atoms with Crippen molar-refractivity contribution in [3.05, 3.63) is 53.0 Å². The lowest BCUT2D eigenvalue weighted by Gasteiger charge is -2.08. The Balaban J connectivity index is 2.17. The van der Waals surface area contributed by atoms with Crippen LogP contribution in [0.1, 0.15) is 11.1 Å². The maximum atomic E-state index is 13.4. The summed E-state index contributed by atoms with van der Waals surface area (Å²) in [4.78, 5) is 6.93. The third kappa shape index (κ3) is 3.50. The lowest BCUT2D eigenvalue weighted by atomic mass is 10.1. The van der Waals surface area contributed by atoms with E-state index in [0.29, 0.717) is 22.9 Å². The molecule has 7 heteroatoms. The number of ether oxygens (including phenoxy) is 1. The van der Waals surface area contributed by atoms with Crippen LogP contribution in [0, 0.1) is 17.6 Å². The molecule has 0 aliphatic carbocycles. The van der Waals surface area contributed by atoms with Gasteiger partial charge >= 0.3 is 0 Å². The van der Waals surface area contributed by atoms with Crippen molar-refractivity contribution in [2.24, 2.45) is 4.99 Å². The molecule has 0 bridgehead atoms. The topological polar surface area (TPSA) is 60.5 Å². The minimum absolute atomic E-state index is 0.0696. The van der Waals surface area contributed by atoms with Gasteiger partial charge < -0.3 is 10.5 Å². The molecule has 1 aromatic carbocycles. The second-order valence-corrected chi connectivity index (χ2v) is 4.19. The molecule has 0 saturated heterocycles.